The molecule has 1 aromatic carbocycles. The Bertz CT molecular complexity index is 751. The highest BCUT2D eigenvalue weighted by Gasteiger charge is 2.18. The Morgan fingerprint density at radius 2 is 1.77 bits per heavy atom. The number of imidazole rings is 1. The Balaban J connectivity index is 1.51. The van der Waals surface area contributed by atoms with Crippen LogP contribution in [0.5, 0.6) is 0 Å². The molecule has 1 saturated carbocycles. The van der Waals surface area contributed by atoms with Crippen molar-refractivity contribution in [3.8, 4) is 0 Å². The summed E-state index contributed by atoms with van der Waals surface area (Å²) in [6.07, 6.45) is 10.1. The fourth-order valence-corrected chi connectivity index (χ4v) is 4.04. The molecular weight excluding hydrogens is 348 g/mol. The quantitative estimate of drug-likeness (QED) is 0.749. The third kappa shape index (κ3) is 5.11. The van der Waals surface area contributed by atoms with Crippen molar-refractivity contribution >= 4 is 35.0 Å². The molecule has 0 aliphatic heterocycles. The third-order valence-electron chi connectivity index (χ3n) is 4.42. The van der Waals surface area contributed by atoms with Gasteiger partial charge in [0, 0.05) is 36.7 Å². The number of thioether (sulfide) groups is 1. The second-order valence-corrected chi connectivity index (χ2v) is 7.45. The zero-order chi connectivity index (χ0) is 18.4. The van der Waals surface area contributed by atoms with Crippen LogP contribution in [-0.2, 0) is 9.59 Å². The van der Waals surface area contributed by atoms with E-state index in [0.29, 0.717) is 23.2 Å². The molecule has 1 fully saturated rings. The van der Waals surface area contributed by atoms with Gasteiger partial charge in [-0.3, -0.25) is 9.59 Å². The summed E-state index contributed by atoms with van der Waals surface area (Å²) >= 11 is 1.47. The van der Waals surface area contributed by atoms with Crippen molar-refractivity contribution in [1.29, 1.82) is 0 Å². The molecule has 2 N–H and O–H groups in total. The van der Waals surface area contributed by atoms with E-state index >= 15 is 0 Å². The topological polar surface area (TPSA) is 76.0 Å². The number of amides is 2. The molecule has 2 aromatic rings. The summed E-state index contributed by atoms with van der Waals surface area (Å²) in [6.45, 7) is 1.46. The molecule has 0 radical (unpaired) electrons. The lowest BCUT2D eigenvalue weighted by molar-refractivity contribution is -0.114. The van der Waals surface area contributed by atoms with Crippen molar-refractivity contribution in [2.45, 2.75) is 50.2 Å². The SMILES string of the molecule is CC(=O)Nc1ccc(NC(=O)CSc2nccn2C2CCCCC2)cc1. The van der Waals surface area contributed by atoms with Crippen molar-refractivity contribution in [1.82, 2.24) is 9.55 Å². The van der Waals surface area contributed by atoms with E-state index in [0.717, 1.165) is 5.16 Å². The molecule has 1 heterocycles. The Hall–Kier alpha value is -2.28. The van der Waals surface area contributed by atoms with Crippen molar-refractivity contribution < 1.29 is 9.59 Å². The first-order valence-electron chi connectivity index (χ1n) is 8.95. The van der Waals surface area contributed by atoms with Crippen molar-refractivity contribution in [3.05, 3.63) is 36.7 Å². The van der Waals surface area contributed by atoms with Crippen LogP contribution in [0, 0.1) is 0 Å². The van der Waals surface area contributed by atoms with Crippen LogP contribution in [0.1, 0.15) is 45.1 Å². The van der Waals surface area contributed by atoms with Crippen LogP contribution in [0.3, 0.4) is 0 Å². The van der Waals surface area contributed by atoms with Crippen molar-refractivity contribution in [2.75, 3.05) is 16.4 Å². The monoisotopic (exact) mass is 372 g/mol. The molecule has 0 spiro atoms. The molecule has 138 valence electrons. The number of nitrogens with zero attached hydrogens (tertiary/aromatic N) is 2. The van der Waals surface area contributed by atoms with Gasteiger partial charge in [0.2, 0.25) is 11.8 Å². The zero-order valence-electron chi connectivity index (χ0n) is 14.9. The molecule has 1 aliphatic rings. The third-order valence-corrected chi connectivity index (χ3v) is 5.40. The highest BCUT2D eigenvalue weighted by Crippen LogP contribution is 2.31. The molecule has 0 saturated heterocycles. The molecule has 7 heteroatoms. The van der Waals surface area contributed by atoms with E-state index in [1.165, 1.54) is 50.8 Å². The van der Waals surface area contributed by atoms with Crippen LogP contribution in [0.25, 0.3) is 0 Å². The Morgan fingerprint density at radius 1 is 1.12 bits per heavy atom. The molecule has 1 aliphatic carbocycles. The van der Waals surface area contributed by atoms with Crippen LogP contribution >= 0.6 is 11.8 Å². The predicted octanol–water partition coefficient (Wildman–Crippen LogP) is 4.08. The average Bonchev–Trinajstić information content (AvgIpc) is 3.11. The lowest BCUT2D eigenvalue weighted by atomic mass is 9.95. The number of aromatic nitrogens is 2. The van der Waals surface area contributed by atoms with Gasteiger partial charge in [-0.05, 0) is 37.1 Å². The first-order chi connectivity index (χ1) is 12.6. The molecular formula is C19H24N4O2S. The van der Waals surface area contributed by atoms with Crippen LogP contribution < -0.4 is 10.6 Å². The minimum Gasteiger partial charge on any atom is -0.326 e. The molecule has 0 atom stereocenters. The molecule has 2 amide bonds. The van der Waals surface area contributed by atoms with Crippen molar-refractivity contribution in [2.24, 2.45) is 0 Å². The van der Waals surface area contributed by atoms with Gasteiger partial charge in [0.1, 0.15) is 0 Å². The van der Waals surface area contributed by atoms with Gasteiger partial charge in [-0.1, -0.05) is 31.0 Å². The predicted molar refractivity (Wildman–Crippen MR) is 104 cm³/mol. The number of benzene rings is 1. The lowest BCUT2D eigenvalue weighted by Crippen LogP contribution is -2.16. The minimum absolute atomic E-state index is 0.0690. The maximum Gasteiger partial charge on any atom is 0.234 e. The average molecular weight is 372 g/mol. The molecule has 3 rings (SSSR count). The van der Waals surface area contributed by atoms with Gasteiger partial charge in [-0.25, -0.2) is 4.98 Å². The van der Waals surface area contributed by atoms with Crippen LogP contribution in [-0.4, -0.2) is 27.1 Å². The number of carbonyl (C=O) groups is 2. The summed E-state index contributed by atoms with van der Waals surface area (Å²) in [6, 6.07) is 7.59. The molecule has 0 unspecified atom stereocenters. The molecule has 0 bridgehead atoms. The van der Waals surface area contributed by atoms with E-state index in [1.807, 2.05) is 12.4 Å². The zero-order valence-corrected chi connectivity index (χ0v) is 15.7. The van der Waals surface area contributed by atoms with Gasteiger partial charge in [0.05, 0.1) is 5.75 Å². The fraction of sp³-hybridized carbons (Fsp3) is 0.421. The second kappa shape index (κ2) is 8.89. The number of carbonyl (C=O) groups excluding carboxylic acids is 2. The summed E-state index contributed by atoms with van der Waals surface area (Å²) < 4.78 is 2.22. The Kier molecular flexibility index (Phi) is 6.33. The summed E-state index contributed by atoms with van der Waals surface area (Å²) in [5, 5.41) is 6.48. The fourth-order valence-electron chi connectivity index (χ4n) is 3.22. The number of hydrogen-bond donors (Lipinski definition) is 2. The minimum atomic E-state index is -0.119. The summed E-state index contributed by atoms with van der Waals surface area (Å²) in [4.78, 5) is 27.7. The van der Waals surface area contributed by atoms with E-state index in [-0.39, 0.29) is 11.8 Å². The van der Waals surface area contributed by atoms with Crippen LogP contribution in [0.4, 0.5) is 11.4 Å². The van der Waals surface area contributed by atoms with Crippen LogP contribution in [0.2, 0.25) is 0 Å². The maximum atomic E-state index is 12.2. The normalized spacial score (nSPS) is 14.8. The highest BCUT2D eigenvalue weighted by atomic mass is 32.2. The smallest absolute Gasteiger partial charge is 0.234 e. The van der Waals surface area contributed by atoms with E-state index in [4.69, 9.17) is 0 Å². The molecule has 6 nitrogen and oxygen atoms in total. The second-order valence-electron chi connectivity index (χ2n) is 6.50. The standard InChI is InChI=1S/C19H24N4O2S/c1-14(24)21-15-7-9-16(10-8-15)22-18(25)13-26-19-20-11-12-23(19)17-5-3-2-4-6-17/h7-12,17H,2-6,13H2,1H3,(H,21,24)(H,22,25). The number of nitrogens with one attached hydrogen (secondary N) is 2. The highest BCUT2D eigenvalue weighted by molar-refractivity contribution is 7.99. The lowest BCUT2D eigenvalue weighted by Gasteiger charge is -2.24. The van der Waals surface area contributed by atoms with Gasteiger partial charge in [-0.15, -0.1) is 0 Å². The molecule has 1 aromatic heterocycles. The molecule has 26 heavy (non-hydrogen) atoms. The van der Waals surface area contributed by atoms with E-state index in [2.05, 4.69) is 20.2 Å². The number of anilines is 2. The van der Waals surface area contributed by atoms with E-state index < -0.39 is 0 Å². The van der Waals surface area contributed by atoms with E-state index in [9.17, 15) is 9.59 Å². The summed E-state index contributed by atoms with van der Waals surface area (Å²) in [7, 11) is 0. The maximum absolute atomic E-state index is 12.2. The first kappa shape index (κ1) is 18.5. The first-order valence-corrected chi connectivity index (χ1v) is 9.93. The van der Waals surface area contributed by atoms with Gasteiger partial charge in [-0.2, -0.15) is 0 Å². The number of rotatable bonds is 6. The van der Waals surface area contributed by atoms with Gasteiger partial charge in [0.15, 0.2) is 5.16 Å². The van der Waals surface area contributed by atoms with Crippen molar-refractivity contribution in [3.63, 3.8) is 0 Å². The van der Waals surface area contributed by atoms with Crippen LogP contribution in [0.15, 0.2) is 41.8 Å². The van der Waals surface area contributed by atoms with Gasteiger partial charge >= 0.3 is 0 Å². The summed E-state index contributed by atoms with van der Waals surface area (Å²) in [5.41, 5.74) is 1.42. The van der Waals surface area contributed by atoms with Gasteiger partial charge < -0.3 is 15.2 Å². The van der Waals surface area contributed by atoms with Gasteiger partial charge in [0.25, 0.3) is 0 Å². The Labute approximate surface area is 157 Å². The largest absolute Gasteiger partial charge is 0.326 e. The van der Waals surface area contributed by atoms with E-state index in [1.54, 1.807) is 24.3 Å². The Morgan fingerprint density at radius 3 is 2.42 bits per heavy atom. The number of hydrogen-bond acceptors (Lipinski definition) is 4. The summed E-state index contributed by atoms with van der Waals surface area (Å²) in [5.74, 6) is 0.129.